The van der Waals surface area contributed by atoms with Gasteiger partial charge in [-0.3, -0.25) is 0 Å². The van der Waals surface area contributed by atoms with Crippen LogP contribution in [-0.4, -0.2) is 0 Å². The molecule has 4 rings (SSSR count). The SMILES string of the molecule is CCCCCC1CCC2CC(C3CCC(c4cc(F)c(C)c(F)c4)CC3)CCC2C1. The predicted molar refractivity (Wildman–Crippen MR) is 122 cm³/mol. The van der Waals surface area contributed by atoms with E-state index in [1.807, 2.05) is 0 Å². The van der Waals surface area contributed by atoms with Crippen LogP contribution in [0.25, 0.3) is 0 Å². The van der Waals surface area contributed by atoms with E-state index in [4.69, 9.17) is 0 Å². The Hall–Kier alpha value is -0.920. The molecule has 0 N–H and O–H groups in total. The first-order valence-corrected chi connectivity index (χ1v) is 13.0. The Morgan fingerprint density at radius 2 is 1.30 bits per heavy atom. The minimum Gasteiger partial charge on any atom is -0.207 e. The number of benzene rings is 1. The molecule has 2 heteroatoms. The molecule has 168 valence electrons. The molecule has 0 aromatic heterocycles. The number of fused-ring (bicyclic) bond motifs is 1. The van der Waals surface area contributed by atoms with E-state index in [-0.39, 0.29) is 17.2 Å². The third-order valence-electron chi connectivity index (χ3n) is 9.19. The molecule has 3 aliphatic carbocycles. The van der Waals surface area contributed by atoms with Crippen molar-refractivity contribution in [2.24, 2.45) is 29.6 Å². The Balaban J connectivity index is 1.26. The summed E-state index contributed by atoms with van der Waals surface area (Å²) >= 11 is 0. The van der Waals surface area contributed by atoms with Crippen LogP contribution >= 0.6 is 0 Å². The molecule has 1 aromatic carbocycles. The Kier molecular flexibility index (Phi) is 7.53. The lowest BCUT2D eigenvalue weighted by Gasteiger charge is -2.45. The monoisotopic (exact) mass is 416 g/mol. The summed E-state index contributed by atoms with van der Waals surface area (Å²) in [7, 11) is 0. The quantitative estimate of drug-likeness (QED) is 0.406. The first kappa shape index (κ1) is 22.3. The van der Waals surface area contributed by atoms with Gasteiger partial charge >= 0.3 is 0 Å². The highest BCUT2D eigenvalue weighted by Gasteiger charge is 2.38. The molecule has 4 atom stereocenters. The summed E-state index contributed by atoms with van der Waals surface area (Å²) in [5.41, 5.74) is 1.04. The van der Waals surface area contributed by atoms with E-state index in [1.54, 1.807) is 12.1 Å². The van der Waals surface area contributed by atoms with Crippen LogP contribution in [0.15, 0.2) is 12.1 Å². The Labute approximate surface area is 183 Å². The minimum atomic E-state index is -0.379. The smallest absolute Gasteiger partial charge is 0.129 e. The van der Waals surface area contributed by atoms with Crippen LogP contribution in [-0.2, 0) is 0 Å². The number of rotatable bonds is 6. The zero-order valence-electron chi connectivity index (χ0n) is 19.3. The molecular weight excluding hydrogens is 374 g/mol. The van der Waals surface area contributed by atoms with Gasteiger partial charge in [0.25, 0.3) is 0 Å². The van der Waals surface area contributed by atoms with Crippen LogP contribution in [0.5, 0.6) is 0 Å². The van der Waals surface area contributed by atoms with Crippen molar-refractivity contribution in [2.75, 3.05) is 0 Å². The lowest BCUT2D eigenvalue weighted by molar-refractivity contribution is 0.0613. The van der Waals surface area contributed by atoms with Crippen molar-refractivity contribution in [1.82, 2.24) is 0 Å². The van der Waals surface area contributed by atoms with E-state index < -0.39 is 0 Å². The topological polar surface area (TPSA) is 0 Å². The van der Waals surface area contributed by atoms with Crippen LogP contribution < -0.4 is 0 Å². The van der Waals surface area contributed by atoms with Crippen molar-refractivity contribution < 1.29 is 8.78 Å². The molecule has 0 aliphatic heterocycles. The van der Waals surface area contributed by atoms with E-state index in [2.05, 4.69) is 6.92 Å². The molecule has 30 heavy (non-hydrogen) atoms. The van der Waals surface area contributed by atoms with Crippen molar-refractivity contribution in [2.45, 2.75) is 110 Å². The maximum Gasteiger partial charge on any atom is 0.129 e. The molecule has 4 unspecified atom stereocenters. The normalized spacial score (nSPS) is 34.5. The van der Waals surface area contributed by atoms with Gasteiger partial charge in [-0.1, -0.05) is 39.0 Å². The minimum absolute atomic E-state index is 0.157. The maximum absolute atomic E-state index is 14.0. The second-order valence-corrected chi connectivity index (χ2v) is 11.0. The average molecular weight is 417 g/mol. The number of hydrogen-bond acceptors (Lipinski definition) is 0. The van der Waals surface area contributed by atoms with Crippen LogP contribution in [0.1, 0.15) is 114 Å². The zero-order chi connectivity index (χ0) is 21.1. The molecule has 1 aromatic rings. The van der Waals surface area contributed by atoms with Crippen molar-refractivity contribution in [1.29, 1.82) is 0 Å². The summed E-state index contributed by atoms with van der Waals surface area (Å²) in [6.45, 7) is 3.84. The fourth-order valence-corrected chi connectivity index (χ4v) is 7.22. The second kappa shape index (κ2) is 10.1. The summed E-state index contributed by atoms with van der Waals surface area (Å²) in [5.74, 6) is 4.37. The van der Waals surface area contributed by atoms with E-state index >= 15 is 0 Å². The molecule has 0 spiro atoms. The Morgan fingerprint density at radius 3 is 1.97 bits per heavy atom. The fraction of sp³-hybridized carbons (Fsp3) is 0.786. The molecule has 0 radical (unpaired) electrons. The van der Waals surface area contributed by atoms with Gasteiger partial charge in [0.05, 0.1) is 0 Å². The molecule has 0 nitrogen and oxygen atoms in total. The Bertz CT molecular complexity index is 665. The lowest BCUT2D eigenvalue weighted by Crippen LogP contribution is -2.34. The highest BCUT2D eigenvalue weighted by molar-refractivity contribution is 5.28. The summed E-state index contributed by atoms with van der Waals surface area (Å²) in [6.07, 6.45) is 19.2. The summed E-state index contributed by atoms with van der Waals surface area (Å²) < 4.78 is 28.0. The highest BCUT2D eigenvalue weighted by Crippen LogP contribution is 2.50. The summed E-state index contributed by atoms with van der Waals surface area (Å²) in [6, 6.07) is 3.18. The molecule has 0 heterocycles. The van der Waals surface area contributed by atoms with Crippen LogP contribution in [0.2, 0.25) is 0 Å². The average Bonchev–Trinajstić information content (AvgIpc) is 2.77. The molecule has 0 bridgehead atoms. The third kappa shape index (κ3) is 5.10. The summed E-state index contributed by atoms with van der Waals surface area (Å²) in [5, 5.41) is 0. The van der Waals surface area contributed by atoms with Gasteiger partial charge < -0.3 is 0 Å². The third-order valence-corrected chi connectivity index (χ3v) is 9.19. The summed E-state index contributed by atoms with van der Waals surface area (Å²) in [4.78, 5) is 0. The standard InChI is InChI=1S/C28H42F2/c1-3-4-5-6-20-7-8-25-16-24(14-13-23(25)15-20)21-9-11-22(12-10-21)26-17-27(29)19(2)28(30)18-26/h17-18,20-25H,3-16H2,1-2H3. The van der Waals surface area contributed by atoms with Crippen LogP contribution in [0, 0.1) is 48.1 Å². The Morgan fingerprint density at radius 1 is 0.733 bits per heavy atom. The van der Waals surface area contributed by atoms with Crippen molar-refractivity contribution in [3.8, 4) is 0 Å². The molecular formula is C28H42F2. The molecule has 0 amide bonds. The second-order valence-electron chi connectivity index (χ2n) is 11.0. The van der Waals surface area contributed by atoms with E-state index in [1.165, 1.54) is 84.0 Å². The molecule has 3 aliphatic rings. The predicted octanol–water partition coefficient (Wildman–Crippen LogP) is 8.96. The van der Waals surface area contributed by atoms with Gasteiger partial charge in [0.1, 0.15) is 11.6 Å². The first-order chi connectivity index (χ1) is 14.5. The van der Waals surface area contributed by atoms with E-state index in [0.717, 1.165) is 48.0 Å². The van der Waals surface area contributed by atoms with Gasteiger partial charge in [0.15, 0.2) is 0 Å². The molecule has 3 saturated carbocycles. The van der Waals surface area contributed by atoms with E-state index in [9.17, 15) is 8.78 Å². The lowest BCUT2D eigenvalue weighted by atomic mass is 9.60. The van der Waals surface area contributed by atoms with Crippen LogP contribution in [0.4, 0.5) is 8.78 Å². The number of hydrogen-bond donors (Lipinski definition) is 0. The number of halogens is 2. The largest absolute Gasteiger partial charge is 0.207 e. The molecule has 0 saturated heterocycles. The van der Waals surface area contributed by atoms with Gasteiger partial charge in [-0.05, 0) is 118 Å². The van der Waals surface area contributed by atoms with Crippen molar-refractivity contribution in [3.05, 3.63) is 34.9 Å². The van der Waals surface area contributed by atoms with E-state index in [0.29, 0.717) is 5.92 Å². The van der Waals surface area contributed by atoms with Crippen molar-refractivity contribution in [3.63, 3.8) is 0 Å². The maximum atomic E-state index is 14.0. The van der Waals surface area contributed by atoms with Crippen molar-refractivity contribution >= 4 is 0 Å². The highest BCUT2D eigenvalue weighted by atomic mass is 19.1. The van der Waals surface area contributed by atoms with Gasteiger partial charge in [0, 0.05) is 5.56 Å². The first-order valence-electron chi connectivity index (χ1n) is 13.0. The number of unbranched alkanes of at least 4 members (excludes halogenated alkanes) is 2. The van der Waals surface area contributed by atoms with Gasteiger partial charge in [-0.2, -0.15) is 0 Å². The van der Waals surface area contributed by atoms with Gasteiger partial charge in [-0.15, -0.1) is 0 Å². The zero-order valence-corrected chi connectivity index (χ0v) is 19.3. The van der Waals surface area contributed by atoms with Gasteiger partial charge in [0.2, 0.25) is 0 Å². The van der Waals surface area contributed by atoms with Gasteiger partial charge in [-0.25, -0.2) is 8.78 Å². The van der Waals surface area contributed by atoms with Crippen LogP contribution in [0.3, 0.4) is 0 Å². The fourth-order valence-electron chi connectivity index (χ4n) is 7.22. The molecule has 3 fully saturated rings.